The quantitative estimate of drug-likeness (QED) is 0.698. The van der Waals surface area contributed by atoms with Crippen LogP contribution in [-0.4, -0.2) is 9.55 Å². The second kappa shape index (κ2) is 7.84. The molecule has 0 bridgehead atoms. The van der Waals surface area contributed by atoms with Gasteiger partial charge in [-0.05, 0) is 6.42 Å². The molecular weight excluding hydrogens is 160 g/mol. The van der Waals surface area contributed by atoms with Crippen molar-refractivity contribution in [2.75, 3.05) is 0 Å². The van der Waals surface area contributed by atoms with Crippen LogP contribution in [0.25, 0.3) is 0 Å². The zero-order valence-corrected chi connectivity index (χ0v) is 9.38. The Morgan fingerprint density at radius 1 is 1.31 bits per heavy atom. The number of imidazole rings is 1. The van der Waals surface area contributed by atoms with Crippen molar-refractivity contribution in [3.05, 3.63) is 18.2 Å². The van der Waals surface area contributed by atoms with Crippen LogP contribution < -0.4 is 0 Å². The van der Waals surface area contributed by atoms with E-state index in [0.29, 0.717) is 0 Å². The third kappa shape index (κ3) is 4.11. The lowest BCUT2D eigenvalue weighted by atomic mass is 10.3. The Morgan fingerprint density at radius 3 is 2.54 bits per heavy atom. The largest absolute Gasteiger partial charge is 0.335 e. The molecule has 0 amide bonds. The van der Waals surface area contributed by atoms with Gasteiger partial charge in [-0.3, -0.25) is 0 Å². The normalized spacial score (nSPS) is 9.23. The molecule has 0 fully saturated rings. The third-order valence-electron chi connectivity index (χ3n) is 1.87. The number of rotatable bonds is 4. The van der Waals surface area contributed by atoms with E-state index in [2.05, 4.69) is 29.6 Å². The summed E-state index contributed by atoms with van der Waals surface area (Å²) in [6.07, 6.45) is 7.49. The van der Waals surface area contributed by atoms with E-state index in [1.165, 1.54) is 18.7 Å². The monoisotopic (exact) mass is 182 g/mol. The molecule has 0 unspecified atom stereocenters. The number of nitrogens with zero attached hydrogens (tertiary/aromatic N) is 2. The summed E-state index contributed by atoms with van der Waals surface area (Å²) in [6.45, 7) is 9.48. The highest BCUT2D eigenvalue weighted by Gasteiger charge is 1.97. The first-order valence-corrected chi connectivity index (χ1v) is 5.38. The van der Waals surface area contributed by atoms with Gasteiger partial charge in [-0.15, -0.1) is 0 Å². The fourth-order valence-electron chi connectivity index (χ4n) is 1.19. The number of unbranched alkanes of at least 4 members (excludes halogenated alkanes) is 1. The van der Waals surface area contributed by atoms with Gasteiger partial charge in [0.2, 0.25) is 0 Å². The first kappa shape index (κ1) is 12.2. The number of aromatic nitrogens is 2. The van der Waals surface area contributed by atoms with E-state index in [1.54, 1.807) is 0 Å². The Morgan fingerprint density at radius 2 is 2.00 bits per heavy atom. The van der Waals surface area contributed by atoms with Crippen molar-refractivity contribution in [3.63, 3.8) is 0 Å². The number of hydrogen-bond acceptors (Lipinski definition) is 1. The van der Waals surface area contributed by atoms with Crippen LogP contribution in [0.4, 0.5) is 0 Å². The number of aryl methyl sites for hydroxylation is 2. The molecular formula is C11H22N2. The van der Waals surface area contributed by atoms with Crippen molar-refractivity contribution in [2.24, 2.45) is 0 Å². The van der Waals surface area contributed by atoms with Crippen LogP contribution >= 0.6 is 0 Å². The third-order valence-corrected chi connectivity index (χ3v) is 1.87. The van der Waals surface area contributed by atoms with Gasteiger partial charge in [0.15, 0.2) is 0 Å². The maximum Gasteiger partial charge on any atom is 0.108 e. The van der Waals surface area contributed by atoms with E-state index in [9.17, 15) is 0 Å². The van der Waals surface area contributed by atoms with Gasteiger partial charge in [0.25, 0.3) is 0 Å². The highest BCUT2D eigenvalue weighted by atomic mass is 15.1. The van der Waals surface area contributed by atoms with Gasteiger partial charge in [-0.1, -0.05) is 34.1 Å². The summed E-state index contributed by atoms with van der Waals surface area (Å²) in [4.78, 5) is 4.25. The minimum absolute atomic E-state index is 1.04. The predicted molar refractivity (Wildman–Crippen MR) is 57.9 cm³/mol. The maximum absolute atomic E-state index is 4.25. The molecule has 0 aliphatic carbocycles. The van der Waals surface area contributed by atoms with Crippen LogP contribution in [0.2, 0.25) is 0 Å². The molecule has 13 heavy (non-hydrogen) atoms. The molecule has 0 aliphatic rings. The average Bonchev–Trinajstić information content (AvgIpc) is 2.65. The Bertz CT molecular complexity index is 204. The fraction of sp³-hybridized carbons (Fsp3) is 0.727. The van der Waals surface area contributed by atoms with E-state index < -0.39 is 0 Å². The van der Waals surface area contributed by atoms with E-state index in [1.807, 2.05) is 20.0 Å². The van der Waals surface area contributed by atoms with Crippen molar-refractivity contribution in [2.45, 2.75) is 53.5 Å². The van der Waals surface area contributed by atoms with Gasteiger partial charge in [0.05, 0.1) is 0 Å². The lowest BCUT2D eigenvalue weighted by molar-refractivity contribution is 0.606. The molecule has 76 valence electrons. The standard InChI is InChI=1S/C9H16N2.C2H6/c1-3-5-7-11-8-6-10-9(11)4-2;1-2/h6,8H,3-5,7H2,1-2H3;1-2H3. The second-order valence-corrected chi connectivity index (χ2v) is 2.74. The molecule has 1 aromatic rings. The lowest BCUT2D eigenvalue weighted by Gasteiger charge is -2.03. The fourth-order valence-corrected chi connectivity index (χ4v) is 1.19. The van der Waals surface area contributed by atoms with Gasteiger partial charge in [-0.2, -0.15) is 0 Å². The van der Waals surface area contributed by atoms with Gasteiger partial charge in [0.1, 0.15) is 5.82 Å². The Kier molecular flexibility index (Phi) is 7.36. The summed E-state index contributed by atoms with van der Waals surface area (Å²) >= 11 is 0. The van der Waals surface area contributed by atoms with Gasteiger partial charge < -0.3 is 4.57 Å². The van der Waals surface area contributed by atoms with E-state index >= 15 is 0 Å². The molecule has 0 atom stereocenters. The van der Waals surface area contributed by atoms with Gasteiger partial charge in [-0.25, -0.2) is 4.98 Å². The van der Waals surface area contributed by atoms with E-state index in [-0.39, 0.29) is 0 Å². The second-order valence-electron chi connectivity index (χ2n) is 2.74. The summed E-state index contributed by atoms with van der Waals surface area (Å²) < 4.78 is 2.24. The minimum atomic E-state index is 1.04. The highest BCUT2D eigenvalue weighted by molar-refractivity contribution is 4.91. The van der Waals surface area contributed by atoms with E-state index in [0.717, 1.165) is 13.0 Å². The van der Waals surface area contributed by atoms with Crippen LogP contribution in [0.5, 0.6) is 0 Å². The molecule has 1 heterocycles. The molecule has 0 aliphatic heterocycles. The average molecular weight is 182 g/mol. The number of hydrogen-bond donors (Lipinski definition) is 0. The highest BCUT2D eigenvalue weighted by Crippen LogP contribution is 2.00. The Hall–Kier alpha value is -0.790. The molecule has 0 saturated heterocycles. The van der Waals surface area contributed by atoms with Crippen LogP contribution in [-0.2, 0) is 13.0 Å². The maximum atomic E-state index is 4.25. The summed E-state index contributed by atoms with van der Waals surface area (Å²) in [7, 11) is 0. The molecule has 0 spiro atoms. The summed E-state index contributed by atoms with van der Waals surface area (Å²) in [5.74, 6) is 1.21. The van der Waals surface area contributed by atoms with Crippen LogP contribution in [0.3, 0.4) is 0 Å². The van der Waals surface area contributed by atoms with Crippen molar-refractivity contribution in [3.8, 4) is 0 Å². The summed E-state index contributed by atoms with van der Waals surface area (Å²) in [6, 6.07) is 0. The van der Waals surface area contributed by atoms with Gasteiger partial charge in [0, 0.05) is 25.4 Å². The van der Waals surface area contributed by atoms with Crippen molar-refractivity contribution in [1.82, 2.24) is 9.55 Å². The molecule has 0 radical (unpaired) electrons. The smallest absolute Gasteiger partial charge is 0.108 e. The van der Waals surface area contributed by atoms with Gasteiger partial charge >= 0.3 is 0 Å². The first-order valence-electron chi connectivity index (χ1n) is 5.38. The molecule has 1 rings (SSSR count). The molecule has 0 saturated carbocycles. The van der Waals surface area contributed by atoms with Crippen molar-refractivity contribution >= 4 is 0 Å². The Labute approximate surface area is 82.0 Å². The van der Waals surface area contributed by atoms with Crippen LogP contribution in [0.1, 0.15) is 46.4 Å². The first-order chi connectivity index (χ1) is 6.38. The topological polar surface area (TPSA) is 17.8 Å². The lowest BCUT2D eigenvalue weighted by Crippen LogP contribution is -2.01. The van der Waals surface area contributed by atoms with Crippen molar-refractivity contribution < 1.29 is 0 Å². The Balaban J connectivity index is 0.000000671. The van der Waals surface area contributed by atoms with Crippen LogP contribution in [0, 0.1) is 0 Å². The van der Waals surface area contributed by atoms with Crippen LogP contribution in [0.15, 0.2) is 12.4 Å². The van der Waals surface area contributed by atoms with Crippen molar-refractivity contribution in [1.29, 1.82) is 0 Å². The minimum Gasteiger partial charge on any atom is -0.335 e. The zero-order chi connectivity index (χ0) is 10.1. The predicted octanol–water partition coefficient (Wildman–Crippen LogP) is 3.27. The molecule has 0 N–H and O–H groups in total. The molecule has 2 heteroatoms. The van der Waals surface area contributed by atoms with E-state index in [4.69, 9.17) is 0 Å². The molecule has 0 aromatic carbocycles. The SMILES string of the molecule is CC.CCCCn1ccnc1CC. The molecule has 2 nitrogen and oxygen atoms in total. The summed E-state index contributed by atoms with van der Waals surface area (Å²) in [5, 5.41) is 0. The zero-order valence-electron chi connectivity index (χ0n) is 9.38. The summed E-state index contributed by atoms with van der Waals surface area (Å²) in [5.41, 5.74) is 0. The molecule has 1 aromatic heterocycles.